The standard InChI is InChI=1S/C56H44N2/c1-55(2)49-19-9-6-17-44(49)47-35-48-46-18-8-11-21-53(46)58(54(48)36-51(47)55)41-28-26-40(27-29-41)57(39-24-22-38(23-25-39)37-14-4-3-5-15-37)42-30-31-45-43-16-7-10-20-50(43)56(52(45)34-42)32-12-13-33-56/h3-11,14-31,34-36H,12-13,32-33H2,1-2H3. The van der Waals surface area contributed by atoms with Crippen LogP contribution < -0.4 is 4.90 Å². The van der Waals surface area contributed by atoms with Crippen LogP contribution in [0.1, 0.15) is 61.8 Å². The van der Waals surface area contributed by atoms with Gasteiger partial charge in [0.05, 0.1) is 11.0 Å². The van der Waals surface area contributed by atoms with Gasteiger partial charge >= 0.3 is 0 Å². The van der Waals surface area contributed by atoms with Gasteiger partial charge in [-0.3, -0.25) is 0 Å². The van der Waals surface area contributed by atoms with Gasteiger partial charge < -0.3 is 9.47 Å². The monoisotopic (exact) mass is 744 g/mol. The lowest BCUT2D eigenvalue weighted by atomic mass is 9.76. The molecule has 1 saturated carbocycles. The number of nitrogens with zero attached hydrogens (tertiary/aromatic N) is 2. The normalized spacial score (nSPS) is 15.4. The van der Waals surface area contributed by atoms with Crippen molar-refractivity contribution in [2.24, 2.45) is 0 Å². The number of fused-ring (bicyclic) bond motifs is 11. The first-order valence-corrected chi connectivity index (χ1v) is 21.0. The van der Waals surface area contributed by atoms with Gasteiger partial charge in [0, 0.05) is 44.4 Å². The van der Waals surface area contributed by atoms with Crippen molar-refractivity contribution in [1.29, 1.82) is 0 Å². The molecule has 0 aliphatic heterocycles. The van der Waals surface area contributed by atoms with Crippen molar-refractivity contribution in [2.75, 3.05) is 4.90 Å². The molecule has 0 N–H and O–H groups in total. The zero-order valence-corrected chi connectivity index (χ0v) is 33.0. The summed E-state index contributed by atoms with van der Waals surface area (Å²) in [6.07, 6.45) is 4.98. The zero-order chi connectivity index (χ0) is 38.6. The minimum atomic E-state index is -0.0733. The van der Waals surface area contributed by atoms with Crippen molar-refractivity contribution in [3.63, 3.8) is 0 Å². The molecule has 1 heterocycles. The molecule has 8 aromatic carbocycles. The highest BCUT2D eigenvalue weighted by atomic mass is 15.1. The zero-order valence-electron chi connectivity index (χ0n) is 33.0. The van der Waals surface area contributed by atoms with E-state index in [9.17, 15) is 0 Å². The lowest BCUT2D eigenvalue weighted by molar-refractivity contribution is 0.550. The molecule has 3 aliphatic carbocycles. The van der Waals surface area contributed by atoms with E-state index in [2.05, 4.69) is 205 Å². The highest BCUT2D eigenvalue weighted by molar-refractivity contribution is 6.11. The molecule has 3 aliphatic rings. The summed E-state index contributed by atoms with van der Waals surface area (Å²) in [6.45, 7) is 4.75. The Labute approximate surface area is 340 Å². The van der Waals surface area contributed by atoms with Crippen molar-refractivity contribution in [1.82, 2.24) is 4.57 Å². The largest absolute Gasteiger partial charge is 0.310 e. The molecule has 2 heteroatoms. The molecular weight excluding hydrogens is 701 g/mol. The molecule has 2 nitrogen and oxygen atoms in total. The lowest BCUT2D eigenvalue weighted by Crippen LogP contribution is -2.21. The number of hydrogen-bond acceptors (Lipinski definition) is 1. The molecule has 12 rings (SSSR count). The predicted octanol–water partition coefficient (Wildman–Crippen LogP) is 15.1. The second-order valence-corrected chi connectivity index (χ2v) is 17.3. The Hall–Kier alpha value is -6.64. The third-order valence-electron chi connectivity index (χ3n) is 13.9. The second-order valence-electron chi connectivity index (χ2n) is 17.3. The van der Waals surface area contributed by atoms with Gasteiger partial charge in [0.25, 0.3) is 0 Å². The van der Waals surface area contributed by atoms with Crippen molar-refractivity contribution in [3.8, 4) is 39.1 Å². The van der Waals surface area contributed by atoms with Crippen LogP contribution in [0.5, 0.6) is 0 Å². The SMILES string of the molecule is CC1(C)c2ccccc2-c2cc3c4ccccc4n(-c4ccc(N(c5ccc(-c6ccccc6)cc5)c5ccc6c(c5)C5(CCCC5)c5ccccc5-6)cc4)c3cc21. The molecule has 9 aromatic rings. The number of rotatable bonds is 5. The first kappa shape index (κ1) is 33.5. The molecule has 1 aromatic heterocycles. The van der Waals surface area contributed by atoms with Gasteiger partial charge in [-0.05, 0) is 135 Å². The van der Waals surface area contributed by atoms with Crippen LogP contribution in [0.4, 0.5) is 17.1 Å². The lowest BCUT2D eigenvalue weighted by Gasteiger charge is -2.30. The first-order chi connectivity index (χ1) is 28.5. The van der Waals surface area contributed by atoms with E-state index in [1.54, 1.807) is 0 Å². The van der Waals surface area contributed by atoms with E-state index in [1.165, 1.54) is 109 Å². The van der Waals surface area contributed by atoms with E-state index in [4.69, 9.17) is 0 Å². The Morgan fingerprint density at radius 2 is 1.00 bits per heavy atom. The minimum Gasteiger partial charge on any atom is -0.310 e. The maximum absolute atomic E-state index is 2.52. The van der Waals surface area contributed by atoms with Crippen LogP contribution in [0.15, 0.2) is 182 Å². The van der Waals surface area contributed by atoms with Crippen molar-refractivity contribution < 1.29 is 0 Å². The van der Waals surface area contributed by atoms with Crippen LogP contribution in [0.3, 0.4) is 0 Å². The Kier molecular flexibility index (Phi) is 7.18. The summed E-state index contributed by atoms with van der Waals surface area (Å²) in [5, 5.41) is 2.58. The third-order valence-corrected chi connectivity index (χ3v) is 13.9. The van der Waals surface area contributed by atoms with Gasteiger partial charge in [-0.25, -0.2) is 0 Å². The molecule has 0 atom stereocenters. The maximum Gasteiger partial charge on any atom is 0.0544 e. The molecular formula is C56H44N2. The van der Waals surface area contributed by atoms with Crippen LogP contribution in [0.2, 0.25) is 0 Å². The molecule has 0 amide bonds. The van der Waals surface area contributed by atoms with Crippen LogP contribution >= 0.6 is 0 Å². The van der Waals surface area contributed by atoms with Gasteiger partial charge in [0.2, 0.25) is 0 Å². The fourth-order valence-corrected chi connectivity index (χ4v) is 11.2. The Morgan fingerprint density at radius 1 is 0.414 bits per heavy atom. The van der Waals surface area contributed by atoms with Gasteiger partial charge in [0.15, 0.2) is 0 Å². The van der Waals surface area contributed by atoms with E-state index in [-0.39, 0.29) is 10.8 Å². The van der Waals surface area contributed by atoms with E-state index in [0.29, 0.717) is 0 Å². The molecule has 58 heavy (non-hydrogen) atoms. The number of para-hydroxylation sites is 1. The first-order valence-electron chi connectivity index (χ1n) is 21.0. The predicted molar refractivity (Wildman–Crippen MR) is 243 cm³/mol. The van der Waals surface area contributed by atoms with Crippen molar-refractivity contribution >= 4 is 38.9 Å². The summed E-state index contributed by atoms with van der Waals surface area (Å²) in [5.41, 5.74) is 21.0. The summed E-state index contributed by atoms with van der Waals surface area (Å²) < 4.78 is 2.48. The van der Waals surface area contributed by atoms with Crippen molar-refractivity contribution in [3.05, 3.63) is 204 Å². The van der Waals surface area contributed by atoms with E-state index in [1.807, 2.05) is 0 Å². The van der Waals surface area contributed by atoms with Crippen LogP contribution in [-0.2, 0) is 10.8 Å². The highest BCUT2D eigenvalue weighted by Crippen LogP contribution is 2.58. The number of hydrogen-bond donors (Lipinski definition) is 0. The minimum absolute atomic E-state index is 0.0733. The summed E-state index contributed by atoms with van der Waals surface area (Å²) in [7, 11) is 0. The van der Waals surface area contributed by atoms with Gasteiger partial charge in [-0.15, -0.1) is 0 Å². The number of aromatic nitrogens is 1. The molecule has 0 unspecified atom stereocenters. The second kappa shape index (κ2) is 12.4. The molecule has 1 spiro atoms. The summed E-state index contributed by atoms with van der Waals surface area (Å²) in [6, 6.07) is 68.3. The fraction of sp³-hybridized carbons (Fsp3) is 0.143. The Balaban J connectivity index is 1.01. The Bertz CT molecular complexity index is 3070. The molecule has 0 saturated heterocycles. The van der Waals surface area contributed by atoms with Gasteiger partial charge in [-0.2, -0.15) is 0 Å². The molecule has 0 radical (unpaired) electrons. The molecule has 0 bridgehead atoms. The van der Waals surface area contributed by atoms with Crippen LogP contribution in [0.25, 0.3) is 60.9 Å². The van der Waals surface area contributed by atoms with Crippen LogP contribution in [0, 0.1) is 0 Å². The van der Waals surface area contributed by atoms with E-state index < -0.39 is 0 Å². The Morgan fingerprint density at radius 3 is 1.76 bits per heavy atom. The average Bonchev–Trinajstić information content (AvgIpc) is 4.02. The summed E-state index contributed by atoms with van der Waals surface area (Å²) >= 11 is 0. The van der Waals surface area contributed by atoms with Gasteiger partial charge in [0.1, 0.15) is 0 Å². The quantitative estimate of drug-likeness (QED) is 0.170. The summed E-state index contributed by atoms with van der Waals surface area (Å²) in [5.74, 6) is 0. The third kappa shape index (κ3) is 4.72. The fourth-order valence-electron chi connectivity index (χ4n) is 11.2. The summed E-state index contributed by atoms with van der Waals surface area (Å²) in [4.78, 5) is 2.46. The highest BCUT2D eigenvalue weighted by Gasteiger charge is 2.45. The van der Waals surface area contributed by atoms with E-state index >= 15 is 0 Å². The van der Waals surface area contributed by atoms with Gasteiger partial charge in [-0.1, -0.05) is 142 Å². The molecule has 278 valence electrons. The number of anilines is 3. The molecule has 1 fully saturated rings. The van der Waals surface area contributed by atoms with E-state index in [0.717, 1.165) is 17.1 Å². The van der Waals surface area contributed by atoms with Crippen LogP contribution in [-0.4, -0.2) is 4.57 Å². The smallest absolute Gasteiger partial charge is 0.0544 e. The maximum atomic E-state index is 2.52. The number of benzene rings is 8. The average molecular weight is 745 g/mol. The van der Waals surface area contributed by atoms with Crippen molar-refractivity contribution in [2.45, 2.75) is 50.4 Å². The topological polar surface area (TPSA) is 8.17 Å².